The number of methoxy groups -OCH3 is 1. The van der Waals surface area contributed by atoms with E-state index in [0.717, 1.165) is 55.5 Å². The van der Waals surface area contributed by atoms with Gasteiger partial charge in [0.05, 0.1) is 23.8 Å². The van der Waals surface area contributed by atoms with Gasteiger partial charge in [0.15, 0.2) is 11.8 Å². The Morgan fingerprint density at radius 1 is 1.25 bits per heavy atom. The maximum atomic E-state index is 5.14. The van der Waals surface area contributed by atoms with Crippen LogP contribution in [0.3, 0.4) is 0 Å². The van der Waals surface area contributed by atoms with E-state index >= 15 is 0 Å². The molecule has 1 aliphatic rings. The largest absolute Gasteiger partial charge is 0.377 e. The molecule has 0 saturated heterocycles. The van der Waals surface area contributed by atoms with E-state index in [9.17, 15) is 0 Å². The highest BCUT2D eigenvalue weighted by molar-refractivity contribution is 14.0. The van der Waals surface area contributed by atoms with E-state index in [0.29, 0.717) is 13.2 Å². The molecule has 1 atom stereocenters. The third-order valence-corrected chi connectivity index (χ3v) is 6.20. The van der Waals surface area contributed by atoms with Crippen LogP contribution in [0.1, 0.15) is 34.3 Å². The van der Waals surface area contributed by atoms with E-state index < -0.39 is 0 Å². The molecule has 1 unspecified atom stereocenters. The Morgan fingerprint density at radius 2 is 2.09 bits per heavy atom. The van der Waals surface area contributed by atoms with Crippen molar-refractivity contribution in [3.8, 4) is 0 Å². The second-order valence-corrected chi connectivity index (χ2v) is 8.53. The second-order valence-electron chi connectivity index (χ2n) is 7.58. The zero-order valence-corrected chi connectivity index (χ0v) is 21.6. The molecular weight excluding hydrogens is 537 g/mol. The van der Waals surface area contributed by atoms with Crippen LogP contribution in [0.4, 0.5) is 0 Å². The highest BCUT2D eigenvalue weighted by Crippen LogP contribution is 2.15. The number of aryl methyl sites for hydroxylation is 3. The van der Waals surface area contributed by atoms with Gasteiger partial charge in [-0.15, -0.1) is 35.3 Å². The van der Waals surface area contributed by atoms with E-state index in [1.54, 1.807) is 25.5 Å². The number of rotatable bonds is 8. The molecular formula is C22H30IN7OS. The smallest absolute Gasteiger partial charge is 0.191 e. The van der Waals surface area contributed by atoms with Gasteiger partial charge in [-0.1, -0.05) is 30.3 Å². The van der Waals surface area contributed by atoms with Crippen molar-refractivity contribution in [2.24, 2.45) is 4.99 Å². The van der Waals surface area contributed by atoms with Gasteiger partial charge >= 0.3 is 0 Å². The van der Waals surface area contributed by atoms with Crippen molar-refractivity contribution in [2.45, 2.75) is 51.4 Å². The van der Waals surface area contributed by atoms with Crippen LogP contribution in [0.25, 0.3) is 0 Å². The molecule has 0 aliphatic carbocycles. The molecule has 1 aliphatic heterocycles. The van der Waals surface area contributed by atoms with Crippen molar-refractivity contribution in [3.63, 3.8) is 0 Å². The molecule has 2 aromatic heterocycles. The van der Waals surface area contributed by atoms with E-state index in [4.69, 9.17) is 9.72 Å². The van der Waals surface area contributed by atoms with Crippen molar-refractivity contribution >= 4 is 41.3 Å². The highest BCUT2D eigenvalue weighted by atomic mass is 127. The van der Waals surface area contributed by atoms with Gasteiger partial charge in [-0.2, -0.15) is 5.10 Å². The average molecular weight is 568 g/mol. The number of ether oxygens (including phenoxy) is 1. The molecule has 0 spiro atoms. The Hall–Kier alpha value is -2.05. The summed E-state index contributed by atoms with van der Waals surface area (Å²) in [5.74, 6) is 2.55. The maximum absolute atomic E-state index is 5.14. The zero-order valence-electron chi connectivity index (χ0n) is 18.5. The number of fused-ring (bicyclic) bond motifs is 1. The number of hydrogen-bond donors (Lipinski definition) is 2. The van der Waals surface area contributed by atoms with E-state index in [2.05, 4.69) is 55.4 Å². The van der Waals surface area contributed by atoms with E-state index in [-0.39, 0.29) is 30.0 Å². The molecule has 8 nitrogen and oxygen atoms in total. The van der Waals surface area contributed by atoms with Gasteiger partial charge in [-0.25, -0.2) is 14.6 Å². The van der Waals surface area contributed by atoms with Crippen molar-refractivity contribution in [1.82, 2.24) is 30.4 Å². The van der Waals surface area contributed by atoms with Crippen LogP contribution >= 0.6 is 35.3 Å². The van der Waals surface area contributed by atoms with Crippen LogP contribution < -0.4 is 10.6 Å². The summed E-state index contributed by atoms with van der Waals surface area (Å²) in [7, 11) is 3.46. The maximum Gasteiger partial charge on any atom is 0.191 e. The molecule has 0 fully saturated rings. The molecule has 0 amide bonds. The SMILES string of the molecule is CN=C(NCc1csc(CCc2ccccc2)n1)NC1CCc2nc(COC)nn2C1.I. The number of aromatic nitrogens is 4. The van der Waals surface area contributed by atoms with Gasteiger partial charge in [-0.3, -0.25) is 4.99 Å². The number of nitrogens with zero attached hydrogens (tertiary/aromatic N) is 5. The molecule has 10 heteroatoms. The molecule has 0 saturated carbocycles. The number of halogens is 1. The van der Waals surface area contributed by atoms with Crippen LogP contribution in [0.2, 0.25) is 0 Å². The Balaban J connectivity index is 0.00000289. The summed E-state index contributed by atoms with van der Waals surface area (Å²) < 4.78 is 7.11. The lowest BCUT2D eigenvalue weighted by molar-refractivity contribution is 0.177. The van der Waals surface area contributed by atoms with E-state index in [1.807, 2.05) is 10.7 Å². The quantitative estimate of drug-likeness (QED) is 0.247. The minimum Gasteiger partial charge on any atom is -0.377 e. The van der Waals surface area contributed by atoms with Crippen molar-refractivity contribution in [2.75, 3.05) is 14.2 Å². The number of guanidine groups is 1. The fraction of sp³-hybridized carbons (Fsp3) is 0.455. The first-order chi connectivity index (χ1) is 15.2. The first-order valence-electron chi connectivity index (χ1n) is 10.6. The first kappa shape index (κ1) is 24.6. The highest BCUT2D eigenvalue weighted by Gasteiger charge is 2.22. The van der Waals surface area contributed by atoms with Crippen LogP contribution in [-0.2, 0) is 43.7 Å². The van der Waals surface area contributed by atoms with Crippen molar-refractivity contribution in [3.05, 3.63) is 63.6 Å². The first-order valence-corrected chi connectivity index (χ1v) is 11.5. The standard InChI is InChI=1S/C22H29N7OS.HI/c1-23-22(26-17-9-10-20-27-19(14-30-2)28-29(20)13-17)24-12-18-15-31-21(25-18)11-8-16-6-4-3-5-7-16;/h3-7,15,17H,8-14H2,1-2H3,(H2,23,24,26);1H. The summed E-state index contributed by atoms with van der Waals surface area (Å²) >= 11 is 1.72. The summed E-state index contributed by atoms with van der Waals surface area (Å²) in [4.78, 5) is 13.7. The third-order valence-electron chi connectivity index (χ3n) is 5.25. The number of nitrogens with one attached hydrogen (secondary N) is 2. The van der Waals surface area contributed by atoms with Crippen LogP contribution in [0.5, 0.6) is 0 Å². The molecule has 32 heavy (non-hydrogen) atoms. The Bertz CT molecular complexity index is 1000. The lowest BCUT2D eigenvalue weighted by Crippen LogP contribution is -2.46. The lowest BCUT2D eigenvalue weighted by Gasteiger charge is -2.25. The van der Waals surface area contributed by atoms with Gasteiger partial charge in [0.1, 0.15) is 12.4 Å². The summed E-state index contributed by atoms with van der Waals surface area (Å²) in [5.41, 5.74) is 2.39. The molecule has 0 bridgehead atoms. The number of benzene rings is 1. The van der Waals surface area contributed by atoms with Gasteiger partial charge in [0.25, 0.3) is 0 Å². The summed E-state index contributed by atoms with van der Waals surface area (Å²) in [5, 5.41) is 14.7. The molecule has 2 N–H and O–H groups in total. The van der Waals surface area contributed by atoms with Crippen molar-refractivity contribution in [1.29, 1.82) is 0 Å². The minimum absolute atomic E-state index is 0. The number of aliphatic imine (C=N–C) groups is 1. The Morgan fingerprint density at radius 3 is 2.88 bits per heavy atom. The summed E-state index contributed by atoms with van der Waals surface area (Å²) in [6.07, 6.45) is 3.87. The predicted octanol–water partition coefficient (Wildman–Crippen LogP) is 2.96. The van der Waals surface area contributed by atoms with E-state index in [1.165, 1.54) is 10.6 Å². The number of thiazole rings is 1. The fourth-order valence-electron chi connectivity index (χ4n) is 3.67. The van der Waals surface area contributed by atoms with Gasteiger partial charge in [-0.05, 0) is 18.4 Å². The normalized spacial score (nSPS) is 15.7. The molecule has 1 aromatic carbocycles. The fourth-order valence-corrected chi connectivity index (χ4v) is 4.47. The topological polar surface area (TPSA) is 89.2 Å². The minimum atomic E-state index is 0. The Labute approximate surface area is 209 Å². The summed E-state index contributed by atoms with van der Waals surface area (Å²) in [6, 6.07) is 10.8. The summed E-state index contributed by atoms with van der Waals surface area (Å²) in [6.45, 7) is 1.87. The van der Waals surface area contributed by atoms with Crippen LogP contribution in [-0.4, -0.2) is 45.9 Å². The van der Waals surface area contributed by atoms with Crippen LogP contribution in [0.15, 0.2) is 40.7 Å². The molecule has 4 rings (SSSR count). The second kappa shape index (κ2) is 12.3. The monoisotopic (exact) mass is 567 g/mol. The average Bonchev–Trinajstić information content (AvgIpc) is 3.42. The van der Waals surface area contributed by atoms with Gasteiger partial charge in [0.2, 0.25) is 0 Å². The molecule has 0 radical (unpaired) electrons. The molecule has 3 aromatic rings. The zero-order chi connectivity index (χ0) is 21.5. The molecule has 3 heterocycles. The van der Waals surface area contributed by atoms with Crippen molar-refractivity contribution < 1.29 is 4.74 Å². The predicted molar refractivity (Wildman–Crippen MR) is 138 cm³/mol. The Kier molecular flexibility index (Phi) is 9.42. The van der Waals surface area contributed by atoms with Crippen LogP contribution in [0, 0.1) is 0 Å². The van der Waals surface area contributed by atoms with Gasteiger partial charge < -0.3 is 15.4 Å². The number of hydrogen-bond acceptors (Lipinski definition) is 6. The van der Waals surface area contributed by atoms with Gasteiger partial charge in [0, 0.05) is 38.4 Å². The lowest BCUT2D eigenvalue weighted by atomic mass is 10.1. The third kappa shape index (κ3) is 6.72. The molecule has 172 valence electrons.